The molecular weight excluding hydrogens is 664 g/mol. The van der Waals surface area contributed by atoms with Crippen molar-refractivity contribution in [1.29, 1.82) is 0 Å². The van der Waals surface area contributed by atoms with Crippen LogP contribution >= 0.6 is 0 Å². The molecule has 0 saturated heterocycles. The molecule has 0 saturated carbocycles. The smallest absolute Gasteiger partial charge is 0.255 e. The van der Waals surface area contributed by atoms with Crippen molar-refractivity contribution in [3.05, 3.63) is 58.7 Å². The summed E-state index contributed by atoms with van der Waals surface area (Å²) in [5.74, 6) is -16.9. The van der Waals surface area contributed by atoms with E-state index in [9.17, 15) is 61.5 Å². The van der Waals surface area contributed by atoms with Crippen LogP contribution in [0.4, 0.5) is 61.5 Å². The lowest BCUT2D eigenvalue weighted by Crippen LogP contribution is -2.46. The van der Waals surface area contributed by atoms with Crippen LogP contribution in [-0.2, 0) is 0 Å². The molecule has 0 aliphatic rings. The van der Waals surface area contributed by atoms with Crippen molar-refractivity contribution in [3.8, 4) is 11.1 Å². The van der Waals surface area contributed by atoms with Crippen LogP contribution in [0.25, 0.3) is 11.1 Å². The normalized spacial score (nSPS) is 14.1. The number of benzene rings is 2. The molecular formula is C32H39F14N. The predicted octanol–water partition coefficient (Wildman–Crippen LogP) is 12.1. The molecule has 3 atom stereocenters. The second kappa shape index (κ2) is 19.4. The fourth-order valence-corrected chi connectivity index (χ4v) is 4.75. The lowest BCUT2D eigenvalue weighted by atomic mass is 9.91. The third-order valence-electron chi connectivity index (χ3n) is 7.60. The van der Waals surface area contributed by atoms with Crippen molar-refractivity contribution < 1.29 is 61.5 Å². The number of alkyl halides is 6. The number of halogens is 14. The van der Waals surface area contributed by atoms with Gasteiger partial charge in [-0.2, -0.15) is 22.0 Å². The average Bonchev–Trinajstić information content (AvgIpc) is 3.01. The van der Waals surface area contributed by atoms with Crippen LogP contribution < -0.4 is 5.32 Å². The van der Waals surface area contributed by atoms with E-state index in [0.717, 1.165) is 32.1 Å². The highest BCUT2D eigenvalue weighted by molar-refractivity contribution is 5.66. The van der Waals surface area contributed by atoms with E-state index in [0.29, 0.717) is 24.5 Å². The summed E-state index contributed by atoms with van der Waals surface area (Å²) in [5, 5.41) is 2.05. The van der Waals surface area contributed by atoms with Gasteiger partial charge < -0.3 is 0 Å². The van der Waals surface area contributed by atoms with Crippen LogP contribution in [0.1, 0.15) is 91.4 Å². The third-order valence-corrected chi connectivity index (χ3v) is 7.60. The van der Waals surface area contributed by atoms with E-state index in [1.807, 2.05) is 12.2 Å². The molecule has 0 spiro atoms. The first-order chi connectivity index (χ1) is 21.8. The van der Waals surface area contributed by atoms with Gasteiger partial charge in [-0.25, -0.2) is 39.5 Å². The Morgan fingerprint density at radius 3 is 1.72 bits per heavy atom. The minimum atomic E-state index is -4.19. The van der Waals surface area contributed by atoms with Crippen molar-refractivity contribution in [3.63, 3.8) is 0 Å². The van der Waals surface area contributed by atoms with Crippen LogP contribution in [0.5, 0.6) is 0 Å². The van der Waals surface area contributed by atoms with Crippen LogP contribution in [0, 0.1) is 58.4 Å². The van der Waals surface area contributed by atoms with Crippen LogP contribution in [0.3, 0.4) is 0 Å². The zero-order valence-corrected chi connectivity index (χ0v) is 26.2. The van der Waals surface area contributed by atoms with Gasteiger partial charge in [-0.1, -0.05) is 65.7 Å². The van der Waals surface area contributed by atoms with E-state index < -0.39 is 82.5 Å². The van der Waals surface area contributed by atoms with E-state index in [-0.39, 0.29) is 38.1 Å². The topological polar surface area (TPSA) is 12.0 Å². The second-order valence-electron chi connectivity index (χ2n) is 11.5. The van der Waals surface area contributed by atoms with Gasteiger partial charge in [-0.05, 0) is 43.2 Å². The van der Waals surface area contributed by atoms with E-state index >= 15 is 0 Å². The van der Waals surface area contributed by atoms with E-state index in [2.05, 4.69) is 13.8 Å². The van der Waals surface area contributed by atoms with Gasteiger partial charge in [-0.3, -0.25) is 5.32 Å². The molecule has 0 heterocycles. The van der Waals surface area contributed by atoms with Crippen molar-refractivity contribution in [1.82, 2.24) is 5.32 Å². The summed E-state index contributed by atoms with van der Waals surface area (Å²) < 4.78 is 182. The minimum absolute atomic E-state index is 0.0383. The number of nitrogens with one attached hydrogen (secondary N) is 1. The quantitative estimate of drug-likeness (QED) is 0.0569. The molecule has 15 heteroatoms. The van der Waals surface area contributed by atoms with Gasteiger partial charge >= 0.3 is 12.2 Å². The average molecular weight is 704 g/mol. The van der Waals surface area contributed by atoms with Gasteiger partial charge in [0.2, 0.25) is 5.82 Å². The molecule has 0 aliphatic carbocycles. The highest BCUT2D eigenvalue weighted by Crippen LogP contribution is 2.34. The molecule has 47 heavy (non-hydrogen) atoms. The summed E-state index contributed by atoms with van der Waals surface area (Å²) in [6, 6.07) is -2.92. The predicted molar refractivity (Wildman–Crippen MR) is 150 cm³/mol. The molecule has 0 aliphatic heterocycles. The molecule has 1 N–H and O–H groups in total. The Hall–Kier alpha value is -2.58. The molecule has 0 amide bonds. The third kappa shape index (κ3) is 13.5. The first-order valence-electron chi connectivity index (χ1n) is 15.3. The van der Waals surface area contributed by atoms with Crippen molar-refractivity contribution in [2.45, 2.75) is 110 Å². The zero-order valence-electron chi connectivity index (χ0n) is 26.2. The van der Waals surface area contributed by atoms with Gasteiger partial charge in [0.1, 0.15) is 0 Å². The SMILES string of the molecule is CCCC(CC)CCC(C)CNC(F)(F)C(F)CCCCCCC(F)(F)F.Fc1ccc(-c2c(F)c(F)c(F)c(F)c2F)c(F)c1F. The number of hydrogen-bond donors (Lipinski definition) is 1. The maximum atomic E-state index is 13.9. The molecule has 270 valence electrons. The van der Waals surface area contributed by atoms with Gasteiger partial charge in [0.05, 0.1) is 5.56 Å². The fourth-order valence-electron chi connectivity index (χ4n) is 4.75. The van der Waals surface area contributed by atoms with Gasteiger partial charge in [0, 0.05) is 18.5 Å². The monoisotopic (exact) mass is 703 g/mol. The van der Waals surface area contributed by atoms with Gasteiger partial charge in [-0.15, -0.1) is 0 Å². The van der Waals surface area contributed by atoms with E-state index in [4.69, 9.17) is 0 Å². The van der Waals surface area contributed by atoms with E-state index in [1.54, 1.807) is 0 Å². The lowest BCUT2D eigenvalue weighted by molar-refractivity contribution is -0.135. The van der Waals surface area contributed by atoms with Gasteiger partial charge in [0.25, 0.3) is 0 Å². The summed E-state index contributed by atoms with van der Waals surface area (Å²) >= 11 is 0. The Morgan fingerprint density at radius 1 is 0.638 bits per heavy atom. The molecule has 3 unspecified atom stereocenters. The van der Waals surface area contributed by atoms with Crippen molar-refractivity contribution in [2.24, 2.45) is 11.8 Å². The first kappa shape index (κ1) is 42.4. The lowest BCUT2D eigenvalue weighted by Gasteiger charge is -2.24. The molecule has 0 fully saturated rings. The molecule has 0 radical (unpaired) electrons. The molecule has 2 rings (SSSR count). The van der Waals surface area contributed by atoms with E-state index in [1.165, 1.54) is 0 Å². The number of hydrogen-bond acceptors (Lipinski definition) is 1. The summed E-state index contributed by atoms with van der Waals surface area (Å²) in [5.41, 5.74) is -2.95. The summed E-state index contributed by atoms with van der Waals surface area (Å²) in [6.45, 7) is 6.21. The Balaban J connectivity index is 0.000000488. The maximum absolute atomic E-state index is 13.9. The molecule has 1 nitrogen and oxygen atoms in total. The largest absolute Gasteiger partial charge is 0.389 e. The minimum Gasteiger partial charge on any atom is -0.255 e. The second-order valence-corrected chi connectivity index (χ2v) is 11.5. The highest BCUT2D eigenvalue weighted by atomic mass is 19.4. The van der Waals surface area contributed by atoms with Crippen LogP contribution in [0.15, 0.2) is 12.1 Å². The number of rotatable bonds is 17. The molecule has 2 aromatic carbocycles. The van der Waals surface area contributed by atoms with Crippen molar-refractivity contribution in [2.75, 3.05) is 6.54 Å². The Labute approximate surface area is 265 Å². The first-order valence-corrected chi connectivity index (χ1v) is 15.3. The number of unbranched alkanes of at least 4 members (excludes halogenated alkanes) is 3. The standard InChI is InChI=1S/C20H37F6N.C12H2F8/c1-4-10-17(5-2)13-12-16(3)15-27-20(25,26)18(21)11-8-6-7-9-14-19(22,23)24;13-4-2-1-3(6(14)7(4)15)5-8(16)10(18)12(20)11(19)9(5)17/h16-18,27H,4-15H2,1-3H3;1-2H. The summed E-state index contributed by atoms with van der Waals surface area (Å²) in [7, 11) is 0. The molecule has 0 bridgehead atoms. The molecule has 2 aromatic rings. The molecule has 0 aromatic heterocycles. The Kier molecular flexibility index (Phi) is 17.5. The Bertz CT molecular complexity index is 1220. The van der Waals surface area contributed by atoms with Crippen LogP contribution in [-0.4, -0.2) is 24.9 Å². The maximum Gasteiger partial charge on any atom is 0.389 e. The Morgan fingerprint density at radius 2 is 1.19 bits per heavy atom. The summed E-state index contributed by atoms with van der Waals surface area (Å²) in [6.07, 6.45) is -1.81. The van der Waals surface area contributed by atoms with Gasteiger partial charge in [0.15, 0.2) is 46.9 Å². The van der Waals surface area contributed by atoms with Crippen LogP contribution in [0.2, 0.25) is 0 Å². The zero-order chi connectivity index (χ0) is 36.1. The summed E-state index contributed by atoms with van der Waals surface area (Å²) in [4.78, 5) is 0. The van der Waals surface area contributed by atoms with Crippen molar-refractivity contribution >= 4 is 0 Å². The highest BCUT2D eigenvalue weighted by Gasteiger charge is 2.39. The fraction of sp³-hybridized carbons (Fsp3) is 0.625.